The van der Waals surface area contributed by atoms with Crippen LogP contribution in [0.4, 0.5) is 10.6 Å². The van der Waals surface area contributed by atoms with Crippen molar-refractivity contribution in [3.8, 4) is 11.5 Å². The molecule has 41 heavy (non-hydrogen) atoms. The van der Waals surface area contributed by atoms with E-state index < -0.39 is 6.03 Å². The van der Waals surface area contributed by atoms with Gasteiger partial charge in [0.15, 0.2) is 0 Å². The van der Waals surface area contributed by atoms with Crippen LogP contribution in [0.5, 0.6) is 11.5 Å². The van der Waals surface area contributed by atoms with Gasteiger partial charge in [0.25, 0.3) is 5.91 Å². The second-order valence-corrected chi connectivity index (χ2v) is 9.88. The Morgan fingerprint density at radius 1 is 1.02 bits per heavy atom. The van der Waals surface area contributed by atoms with E-state index in [-0.39, 0.29) is 12.5 Å². The van der Waals surface area contributed by atoms with Gasteiger partial charge in [-0.15, -0.1) is 0 Å². The number of ether oxygens (including phenoxy) is 3. The second-order valence-electron chi connectivity index (χ2n) is 9.88. The maximum atomic E-state index is 12.9. The fourth-order valence-electron chi connectivity index (χ4n) is 4.87. The summed E-state index contributed by atoms with van der Waals surface area (Å²) in [5.74, 6) is 1.78. The first kappa shape index (κ1) is 28.1. The number of nitrogens with zero attached hydrogens (tertiary/aromatic N) is 3. The number of carbonyl (C=O) groups is 2. The number of carbonyl (C=O) groups excluding carboxylic acids is 2. The lowest BCUT2D eigenvalue weighted by atomic mass is 9.91. The summed E-state index contributed by atoms with van der Waals surface area (Å²) in [4.78, 5) is 31.4. The zero-order valence-electron chi connectivity index (χ0n) is 23.3. The van der Waals surface area contributed by atoms with E-state index in [1.54, 1.807) is 30.6 Å². The van der Waals surface area contributed by atoms with Crippen molar-refractivity contribution >= 4 is 28.7 Å². The van der Waals surface area contributed by atoms with Crippen molar-refractivity contribution in [3.63, 3.8) is 0 Å². The third kappa shape index (κ3) is 6.67. The average Bonchev–Trinajstić information content (AvgIpc) is 3.37. The van der Waals surface area contributed by atoms with E-state index >= 15 is 0 Å². The van der Waals surface area contributed by atoms with Crippen molar-refractivity contribution in [2.45, 2.75) is 26.4 Å². The summed E-state index contributed by atoms with van der Waals surface area (Å²) < 4.78 is 18.8. The number of anilines is 1. The van der Waals surface area contributed by atoms with Gasteiger partial charge in [0.2, 0.25) is 0 Å². The number of pyridine rings is 1. The Hall–Kier alpha value is -4.41. The highest BCUT2D eigenvalue weighted by molar-refractivity contribution is 6.03. The van der Waals surface area contributed by atoms with Crippen LogP contribution in [0, 0.1) is 0 Å². The number of benzene rings is 2. The van der Waals surface area contributed by atoms with E-state index in [2.05, 4.69) is 22.1 Å². The molecule has 0 spiro atoms. The van der Waals surface area contributed by atoms with Crippen molar-refractivity contribution in [1.82, 2.24) is 14.5 Å². The van der Waals surface area contributed by atoms with Gasteiger partial charge in [-0.3, -0.25) is 9.36 Å². The molecule has 0 saturated carbocycles. The summed E-state index contributed by atoms with van der Waals surface area (Å²) in [5, 5.41) is 3.68. The largest absolute Gasteiger partial charge is 0.491 e. The highest BCUT2D eigenvalue weighted by Gasteiger charge is 2.26. The van der Waals surface area contributed by atoms with Crippen LogP contribution in [-0.2, 0) is 11.3 Å². The van der Waals surface area contributed by atoms with Gasteiger partial charge in [0.05, 0.1) is 12.1 Å². The molecule has 3 N–H and O–H groups in total. The Morgan fingerprint density at radius 3 is 2.56 bits per heavy atom. The van der Waals surface area contributed by atoms with Gasteiger partial charge in [0, 0.05) is 66.7 Å². The van der Waals surface area contributed by atoms with Gasteiger partial charge in [-0.25, -0.2) is 9.78 Å². The van der Waals surface area contributed by atoms with Gasteiger partial charge in [0.1, 0.15) is 30.5 Å². The molecule has 5 rings (SSSR count). The summed E-state index contributed by atoms with van der Waals surface area (Å²) >= 11 is 0. The zero-order valence-corrected chi connectivity index (χ0v) is 23.3. The Labute approximate surface area is 239 Å². The maximum Gasteiger partial charge on any atom is 0.323 e. The predicted molar refractivity (Wildman–Crippen MR) is 157 cm³/mol. The van der Waals surface area contributed by atoms with Crippen molar-refractivity contribution in [3.05, 3.63) is 83.7 Å². The van der Waals surface area contributed by atoms with Gasteiger partial charge in [-0.1, -0.05) is 19.1 Å². The number of nitrogens with two attached hydrogens (primary N) is 1. The lowest BCUT2D eigenvalue weighted by molar-refractivity contribution is 0.102. The SMILES string of the molecule is CCOCCOc1cc2c(ccn2C(N)=O)cc1COc1ccnc(NC(=O)c2ccc(C3CN(CC)C3)cc2)c1. The molecule has 2 aromatic carbocycles. The Kier molecular flexibility index (Phi) is 8.81. The molecule has 2 aromatic heterocycles. The predicted octanol–water partition coefficient (Wildman–Crippen LogP) is 4.63. The van der Waals surface area contributed by atoms with Crippen molar-refractivity contribution in [2.24, 2.45) is 5.73 Å². The third-order valence-electron chi connectivity index (χ3n) is 7.22. The van der Waals surface area contributed by atoms with Crippen molar-refractivity contribution in [1.29, 1.82) is 0 Å². The number of rotatable bonds is 12. The highest BCUT2D eigenvalue weighted by Crippen LogP contribution is 2.29. The number of aromatic nitrogens is 2. The maximum absolute atomic E-state index is 12.9. The van der Waals surface area contributed by atoms with Gasteiger partial charge in [-0.2, -0.15) is 0 Å². The average molecular weight is 558 g/mol. The summed E-state index contributed by atoms with van der Waals surface area (Å²) in [7, 11) is 0. The van der Waals surface area contributed by atoms with E-state index in [4.69, 9.17) is 19.9 Å². The standard InChI is InChI=1S/C31H35N5O5/c1-3-35-18-25(19-35)21-5-7-22(8-6-21)30(37)34-29-16-26(9-11-33-29)41-20-24-15-23-10-12-36(31(32)38)27(23)17-28(24)40-14-13-39-4-2/h5-12,15-17,25H,3-4,13-14,18-20H2,1-2H3,(H2,32,38)(H,33,34,37). The summed E-state index contributed by atoms with van der Waals surface area (Å²) in [6, 6.07) is 16.1. The minimum absolute atomic E-state index is 0.192. The lowest BCUT2D eigenvalue weighted by Gasteiger charge is -2.38. The van der Waals surface area contributed by atoms with Crippen LogP contribution < -0.4 is 20.5 Å². The Balaban J connectivity index is 1.24. The molecule has 3 heterocycles. The molecule has 214 valence electrons. The molecule has 4 aromatic rings. The smallest absolute Gasteiger partial charge is 0.323 e. The van der Waals surface area contributed by atoms with Crippen LogP contribution in [0.25, 0.3) is 10.9 Å². The number of amides is 2. The first-order chi connectivity index (χ1) is 19.9. The van der Waals surface area contributed by atoms with E-state index in [0.717, 1.165) is 30.6 Å². The Bertz CT molecular complexity index is 1510. The molecule has 1 aliphatic rings. The minimum atomic E-state index is -0.576. The monoisotopic (exact) mass is 557 g/mol. The van der Waals surface area contributed by atoms with Gasteiger partial charge < -0.3 is 30.2 Å². The second kappa shape index (κ2) is 12.8. The number of fused-ring (bicyclic) bond motifs is 1. The first-order valence-electron chi connectivity index (χ1n) is 13.8. The normalized spacial score (nSPS) is 13.6. The quantitative estimate of drug-likeness (QED) is 0.244. The molecule has 0 radical (unpaired) electrons. The van der Waals surface area contributed by atoms with Gasteiger partial charge in [-0.05, 0) is 49.4 Å². The molecule has 10 heteroatoms. The molecule has 1 aliphatic heterocycles. The van der Waals surface area contributed by atoms with Crippen LogP contribution in [-0.4, -0.2) is 65.8 Å². The molecule has 0 atom stereocenters. The highest BCUT2D eigenvalue weighted by atomic mass is 16.5. The lowest BCUT2D eigenvalue weighted by Crippen LogP contribution is -2.44. The summed E-state index contributed by atoms with van der Waals surface area (Å²) in [6.45, 7) is 8.83. The third-order valence-corrected chi connectivity index (χ3v) is 7.22. The number of primary amides is 1. The van der Waals surface area contributed by atoms with Crippen LogP contribution in [0.3, 0.4) is 0 Å². The topological polar surface area (TPSA) is 121 Å². The molecular formula is C31H35N5O5. The molecule has 1 fully saturated rings. The fourth-order valence-corrected chi connectivity index (χ4v) is 4.87. The van der Waals surface area contributed by atoms with Crippen molar-refractivity contribution < 1.29 is 23.8 Å². The molecule has 10 nitrogen and oxygen atoms in total. The number of nitrogens with one attached hydrogen (secondary N) is 1. The van der Waals surface area contributed by atoms with E-state index in [9.17, 15) is 9.59 Å². The molecule has 0 bridgehead atoms. The number of hydrogen-bond donors (Lipinski definition) is 2. The fraction of sp³-hybridized carbons (Fsp3) is 0.323. The first-order valence-corrected chi connectivity index (χ1v) is 13.8. The van der Waals surface area contributed by atoms with Crippen LogP contribution >= 0.6 is 0 Å². The van der Waals surface area contributed by atoms with Crippen molar-refractivity contribution in [2.75, 3.05) is 44.8 Å². The van der Waals surface area contributed by atoms with E-state index in [1.807, 2.05) is 43.3 Å². The minimum Gasteiger partial charge on any atom is -0.491 e. The molecular weight excluding hydrogens is 522 g/mol. The summed E-state index contributed by atoms with van der Waals surface area (Å²) in [5.41, 5.74) is 8.76. The van der Waals surface area contributed by atoms with Crippen LogP contribution in [0.2, 0.25) is 0 Å². The van der Waals surface area contributed by atoms with E-state index in [0.29, 0.717) is 54.1 Å². The summed E-state index contributed by atoms with van der Waals surface area (Å²) in [6.07, 6.45) is 3.21. The zero-order chi connectivity index (χ0) is 28.8. The number of hydrogen-bond acceptors (Lipinski definition) is 7. The van der Waals surface area contributed by atoms with E-state index in [1.165, 1.54) is 10.1 Å². The molecule has 1 saturated heterocycles. The molecule has 0 aliphatic carbocycles. The Morgan fingerprint density at radius 2 is 1.83 bits per heavy atom. The number of likely N-dealkylation sites (N-methyl/N-ethyl adjacent to an activating group) is 1. The van der Waals surface area contributed by atoms with Crippen LogP contribution in [0.1, 0.15) is 41.3 Å². The van der Waals surface area contributed by atoms with Crippen LogP contribution in [0.15, 0.2) is 67.0 Å². The molecule has 2 amide bonds. The number of likely N-dealkylation sites (tertiary alicyclic amines) is 1. The molecule has 0 unspecified atom stereocenters. The van der Waals surface area contributed by atoms with Gasteiger partial charge >= 0.3 is 6.03 Å².